The van der Waals surface area contributed by atoms with Gasteiger partial charge in [0.25, 0.3) is 0 Å². The smallest absolute Gasteiger partial charge is 0.344 e. The molecule has 0 atom stereocenters. The van der Waals surface area contributed by atoms with Crippen molar-refractivity contribution < 1.29 is 14.3 Å². The minimum Gasteiger partial charge on any atom is -0.423 e. The van der Waals surface area contributed by atoms with Crippen LogP contribution in [0.25, 0.3) is 6.08 Å². The van der Waals surface area contributed by atoms with Crippen LogP contribution in [0.1, 0.15) is 31.8 Å². The van der Waals surface area contributed by atoms with Crippen LogP contribution in [0.4, 0.5) is 0 Å². The number of carbonyl (C=O) groups excluding carboxylic acids is 2. The maximum Gasteiger partial charge on any atom is 0.344 e. The SMILES string of the molecule is Cc1ccc(C(=O)/C=C/c2cccc(OC(=O)c3ccccc3Br)c2)cc1. The molecule has 4 heteroatoms. The maximum absolute atomic E-state index is 12.3. The highest BCUT2D eigenvalue weighted by atomic mass is 79.9. The van der Waals surface area contributed by atoms with Crippen LogP contribution in [0.3, 0.4) is 0 Å². The Morgan fingerprint density at radius 2 is 1.67 bits per heavy atom. The zero-order valence-corrected chi connectivity index (χ0v) is 16.3. The van der Waals surface area contributed by atoms with Gasteiger partial charge in [0.2, 0.25) is 0 Å². The van der Waals surface area contributed by atoms with Gasteiger partial charge < -0.3 is 4.74 Å². The van der Waals surface area contributed by atoms with E-state index in [-0.39, 0.29) is 5.78 Å². The zero-order valence-electron chi connectivity index (χ0n) is 14.7. The predicted octanol–water partition coefficient (Wildman–Crippen LogP) is 5.87. The summed E-state index contributed by atoms with van der Waals surface area (Å²) in [5.74, 6) is -0.106. The lowest BCUT2D eigenvalue weighted by Crippen LogP contribution is -2.09. The molecule has 3 aromatic carbocycles. The molecule has 0 fully saturated rings. The number of hydrogen-bond acceptors (Lipinski definition) is 3. The van der Waals surface area contributed by atoms with E-state index in [4.69, 9.17) is 4.74 Å². The minimum atomic E-state index is -0.445. The fourth-order valence-electron chi connectivity index (χ4n) is 2.46. The van der Waals surface area contributed by atoms with Crippen LogP contribution in [0, 0.1) is 6.92 Å². The highest BCUT2D eigenvalue weighted by Gasteiger charge is 2.11. The summed E-state index contributed by atoms with van der Waals surface area (Å²) in [5, 5.41) is 0. The molecule has 3 rings (SSSR count). The van der Waals surface area contributed by atoms with Gasteiger partial charge >= 0.3 is 5.97 Å². The molecular weight excluding hydrogens is 404 g/mol. The predicted molar refractivity (Wildman–Crippen MR) is 110 cm³/mol. The van der Waals surface area contributed by atoms with Gasteiger partial charge in [-0.15, -0.1) is 0 Å². The largest absolute Gasteiger partial charge is 0.423 e. The van der Waals surface area contributed by atoms with E-state index >= 15 is 0 Å². The fourth-order valence-corrected chi connectivity index (χ4v) is 2.90. The van der Waals surface area contributed by atoms with Crippen LogP contribution in [0.5, 0.6) is 5.75 Å². The third kappa shape index (κ3) is 5.02. The monoisotopic (exact) mass is 420 g/mol. The Morgan fingerprint density at radius 3 is 2.41 bits per heavy atom. The van der Waals surface area contributed by atoms with Gasteiger partial charge in [0, 0.05) is 10.0 Å². The highest BCUT2D eigenvalue weighted by Crippen LogP contribution is 2.20. The van der Waals surface area contributed by atoms with Gasteiger partial charge in [-0.1, -0.05) is 60.2 Å². The third-order valence-electron chi connectivity index (χ3n) is 3.93. The van der Waals surface area contributed by atoms with E-state index in [1.165, 1.54) is 6.08 Å². The molecule has 0 aromatic heterocycles. The van der Waals surface area contributed by atoms with Crippen molar-refractivity contribution in [1.29, 1.82) is 0 Å². The third-order valence-corrected chi connectivity index (χ3v) is 4.62. The van der Waals surface area contributed by atoms with E-state index in [2.05, 4.69) is 15.9 Å². The van der Waals surface area contributed by atoms with E-state index in [1.54, 1.807) is 54.6 Å². The van der Waals surface area contributed by atoms with Gasteiger partial charge in [-0.2, -0.15) is 0 Å². The van der Waals surface area contributed by atoms with Crippen LogP contribution in [-0.2, 0) is 0 Å². The van der Waals surface area contributed by atoms with Crippen LogP contribution in [0.15, 0.2) is 83.3 Å². The summed E-state index contributed by atoms with van der Waals surface area (Å²) in [7, 11) is 0. The Kier molecular flexibility index (Phi) is 5.99. The van der Waals surface area contributed by atoms with Crippen molar-refractivity contribution in [1.82, 2.24) is 0 Å². The number of aryl methyl sites for hydroxylation is 1. The van der Waals surface area contributed by atoms with E-state index in [0.29, 0.717) is 21.3 Å². The Bertz CT molecular complexity index is 1000. The summed E-state index contributed by atoms with van der Waals surface area (Å²) in [4.78, 5) is 24.5. The second-order valence-corrected chi connectivity index (χ2v) is 6.86. The first-order chi connectivity index (χ1) is 13.0. The normalized spacial score (nSPS) is 10.7. The van der Waals surface area contributed by atoms with Crippen molar-refractivity contribution in [3.8, 4) is 5.75 Å². The number of ketones is 1. The first-order valence-electron chi connectivity index (χ1n) is 8.39. The topological polar surface area (TPSA) is 43.4 Å². The second-order valence-electron chi connectivity index (χ2n) is 6.01. The molecule has 0 aliphatic carbocycles. The molecule has 3 aromatic rings. The summed E-state index contributed by atoms with van der Waals surface area (Å²) in [6.07, 6.45) is 3.22. The van der Waals surface area contributed by atoms with Crippen molar-refractivity contribution in [2.45, 2.75) is 6.92 Å². The molecule has 0 aliphatic rings. The summed E-state index contributed by atoms with van der Waals surface area (Å²) in [5.41, 5.74) is 2.96. The number of rotatable bonds is 5. The number of benzene rings is 3. The molecule has 0 amide bonds. The Labute approximate surface area is 166 Å². The molecular formula is C23H17BrO3. The van der Waals surface area contributed by atoms with E-state index in [9.17, 15) is 9.59 Å². The van der Waals surface area contributed by atoms with Crippen molar-refractivity contribution in [3.05, 3.63) is 106 Å². The lowest BCUT2D eigenvalue weighted by Gasteiger charge is -2.06. The molecule has 0 bridgehead atoms. The molecule has 0 radical (unpaired) electrons. The summed E-state index contributed by atoms with van der Waals surface area (Å²) in [6.45, 7) is 1.98. The van der Waals surface area contributed by atoms with E-state index < -0.39 is 5.97 Å². The Balaban J connectivity index is 1.72. The number of carbonyl (C=O) groups is 2. The molecule has 3 nitrogen and oxygen atoms in total. The molecule has 0 heterocycles. The van der Waals surface area contributed by atoms with Crippen molar-refractivity contribution in [3.63, 3.8) is 0 Å². The first kappa shape index (κ1) is 18.8. The van der Waals surface area contributed by atoms with E-state index in [1.807, 2.05) is 31.2 Å². The van der Waals surface area contributed by atoms with Crippen LogP contribution in [-0.4, -0.2) is 11.8 Å². The van der Waals surface area contributed by atoms with Gasteiger partial charge in [0.05, 0.1) is 5.56 Å². The van der Waals surface area contributed by atoms with Gasteiger partial charge in [0.15, 0.2) is 5.78 Å². The lowest BCUT2D eigenvalue weighted by atomic mass is 10.1. The molecule has 0 unspecified atom stereocenters. The average molecular weight is 421 g/mol. The summed E-state index contributed by atoms with van der Waals surface area (Å²) >= 11 is 3.34. The van der Waals surface area contributed by atoms with Gasteiger partial charge in [0.1, 0.15) is 5.75 Å². The minimum absolute atomic E-state index is 0.0781. The number of allylic oxidation sites excluding steroid dienone is 1. The average Bonchev–Trinajstić information content (AvgIpc) is 2.67. The van der Waals surface area contributed by atoms with Crippen LogP contribution < -0.4 is 4.74 Å². The molecule has 0 saturated carbocycles. The number of esters is 1. The fraction of sp³-hybridized carbons (Fsp3) is 0.0435. The van der Waals surface area contributed by atoms with Crippen molar-refractivity contribution in [2.24, 2.45) is 0 Å². The quantitative estimate of drug-likeness (QED) is 0.224. The number of halogens is 1. The van der Waals surface area contributed by atoms with Crippen LogP contribution >= 0.6 is 15.9 Å². The lowest BCUT2D eigenvalue weighted by molar-refractivity contribution is 0.0733. The van der Waals surface area contributed by atoms with Crippen LogP contribution in [0.2, 0.25) is 0 Å². The number of ether oxygens (including phenoxy) is 1. The van der Waals surface area contributed by atoms with Crippen molar-refractivity contribution in [2.75, 3.05) is 0 Å². The van der Waals surface area contributed by atoms with Crippen molar-refractivity contribution >= 4 is 33.8 Å². The van der Waals surface area contributed by atoms with E-state index in [0.717, 1.165) is 11.1 Å². The first-order valence-corrected chi connectivity index (χ1v) is 9.18. The summed E-state index contributed by atoms with van der Waals surface area (Å²) < 4.78 is 6.11. The molecule has 134 valence electrons. The molecule has 0 saturated heterocycles. The molecule has 0 aliphatic heterocycles. The van der Waals surface area contributed by atoms with Gasteiger partial charge in [-0.25, -0.2) is 4.79 Å². The second kappa shape index (κ2) is 8.60. The van der Waals surface area contributed by atoms with Gasteiger partial charge in [-0.05, 0) is 58.8 Å². The Hall–Kier alpha value is -2.98. The highest BCUT2D eigenvalue weighted by molar-refractivity contribution is 9.10. The maximum atomic E-state index is 12.3. The zero-order chi connectivity index (χ0) is 19.2. The molecule has 0 spiro atoms. The molecule has 27 heavy (non-hydrogen) atoms. The van der Waals surface area contributed by atoms with Gasteiger partial charge in [-0.3, -0.25) is 4.79 Å². The number of hydrogen-bond donors (Lipinski definition) is 0. The molecule has 0 N–H and O–H groups in total. The standard InChI is InChI=1S/C23H17BrO3/c1-16-9-12-18(13-10-16)22(25)14-11-17-5-4-6-19(15-17)27-23(26)20-7-2-3-8-21(20)24/h2-15H,1H3/b14-11+. The summed E-state index contributed by atoms with van der Waals surface area (Å²) in [6, 6.07) is 21.5. The Morgan fingerprint density at radius 1 is 0.926 bits per heavy atom.